The number of hydrogen-bond acceptors (Lipinski definition) is 4. The number of benzene rings is 2. The van der Waals surface area contributed by atoms with Crippen LogP contribution in [0.15, 0.2) is 72.6 Å². The molecule has 4 nitrogen and oxygen atoms in total. The van der Waals surface area contributed by atoms with Crippen LogP contribution in [0.25, 0.3) is 6.08 Å². The number of aryl methyl sites for hydroxylation is 1. The van der Waals surface area contributed by atoms with E-state index in [0.717, 1.165) is 22.4 Å². The lowest BCUT2D eigenvalue weighted by Gasteiger charge is -2.20. The normalized spacial score (nSPS) is 14.6. The van der Waals surface area contributed by atoms with Crippen molar-refractivity contribution in [3.8, 4) is 11.5 Å². The number of fused-ring (bicyclic) bond motifs is 1. The van der Waals surface area contributed by atoms with Crippen LogP contribution in [0.4, 0.5) is 0 Å². The van der Waals surface area contributed by atoms with E-state index in [1.807, 2.05) is 67.6 Å². The predicted molar refractivity (Wildman–Crippen MR) is 104 cm³/mol. The van der Waals surface area contributed by atoms with Crippen molar-refractivity contribution < 1.29 is 14.3 Å². The number of hydrogen-bond donors (Lipinski definition) is 0. The van der Waals surface area contributed by atoms with Gasteiger partial charge in [0.2, 0.25) is 0 Å². The van der Waals surface area contributed by atoms with Gasteiger partial charge in [0.15, 0.2) is 5.78 Å². The Kier molecular flexibility index (Phi) is 4.71. The topological polar surface area (TPSA) is 48.4 Å². The second-order valence-electron chi connectivity index (χ2n) is 6.43. The molecule has 0 fully saturated rings. The minimum absolute atomic E-state index is 0.00186. The summed E-state index contributed by atoms with van der Waals surface area (Å²) in [7, 11) is 0. The van der Waals surface area contributed by atoms with Crippen molar-refractivity contribution in [2.45, 2.75) is 13.5 Å². The maximum absolute atomic E-state index is 12.9. The molecule has 2 heterocycles. The molecule has 0 unspecified atom stereocenters. The van der Waals surface area contributed by atoms with Crippen LogP contribution in [0.3, 0.4) is 0 Å². The van der Waals surface area contributed by atoms with Gasteiger partial charge in [-0.25, -0.2) is 0 Å². The summed E-state index contributed by atoms with van der Waals surface area (Å²) in [5.74, 6) is 1.40. The molecular weight excluding hydrogens is 338 g/mol. The van der Waals surface area contributed by atoms with Crippen LogP contribution in [-0.2, 0) is 6.61 Å². The van der Waals surface area contributed by atoms with Gasteiger partial charge in [-0.15, -0.1) is 0 Å². The zero-order valence-corrected chi connectivity index (χ0v) is 15.0. The van der Waals surface area contributed by atoms with Gasteiger partial charge in [-0.2, -0.15) is 0 Å². The molecule has 1 aliphatic rings. The van der Waals surface area contributed by atoms with Gasteiger partial charge in [-0.05, 0) is 36.8 Å². The highest BCUT2D eigenvalue weighted by molar-refractivity contribution is 6.14. The number of para-hydroxylation sites is 2. The Morgan fingerprint density at radius 1 is 1.11 bits per heavy atom. The molecule has 0 N–H and O–H groups in total. The molecule has 0 aliphatic carbocycles. The highest BCUT2D eigenvalue weighted by Gasteiger charge is 2.24. The largest absolute Gasteiger partial charge is 0.488 e. The van der Waals surface area contributed by atoms with Crippen molar-refractivity contribution in [2.24, 2.45) is 0 Å². The Bertz CT molecular complexity index is 1010. The molecule has 0 bridgehead atoms. The van der Waals surface area contributed by atoms with Gasteiger partial charge in [-0.3, -0.25) is 9.78 Å². The number of rotatable bonds is 4. The maximum atomic E-state index is 12.9. The molecule has 0 saturated heterocycles. The Balaban J connectivity index is 1.60. The first-order valence-corrected chi connectivity index (χ1v) is 8.81. The van der Waals surface area contributed by atoms with E-state index in [1.54, 1.807) is 12.4 Å². The molecule has 2 aromatic carbocycles. The van der Waals surface area contributed by atoms with E-state index >= 15 is 0 Å². The minimum Gasteiger partial charge on any atom is -0.488 e. The third-order valence-corrected chi connectivity index (χ3v) is 4.49. The summed E-state index contributed by atoms with van der Waals surface area (Å²) < 4.78 is 11.8. The van der Waals surface area contributed by atoms with Gasteiger partial charge in [0.25, 0.3) is 0 Å². The van der Waals surface area contributed by atoms with Gasteiger partial charge in [0.1, 0.15) is 24.7 Å². The van der Waals surface area contributed by atoms with Crippen molar-refractivity contribution in [2.75, 3.05) is 6.61 Å². The molecular formula is C23H19NO3. The molecule has 0 spiro atoms. The van der Waals surface area contributed by atoms with E-state index in [9.17, 15) is 4.79 Å². The summed E-state index contributed by atoms with van der Waals surface area (Å²) >= 11 is 0. The fourth-order valence-corrected chi connectivity index (χ4v) is 3.08. The summed E-state index contributed by atoms with van der Waals surface area (Å²) in [5.41, 5.74) is 4.04. The monoisotopic (exact) mass is 357 g/mol. The first-order valence-electron chi connectivity index (χ1n) is 8.81. The summed E-state index contributed by atoms with van der Waals surface area (Å²) in [6.07, 6.45) is 5.36. The van der Waals surface area contributed by atoms with Crippen LogP contribution in [-0.4, -0.2) is 17.4 Å². The molecule has 27 heavy (non-hydrogen) atoms. The van der Waals surface area contributed by atoms with E-state index in [-0.39, 0.29) is 12.4 Å². The summed E-state index contributed by atoms with van der Waals surface area (Å²) in [6.45, 7) is 2.62. The summed E-state index contributed by atoms with van der Waals surface area (Å²) in [4.78, 5) is 17.0. The Morgan fingerprint density at radius 2 is 2.00 bits per heavy atom. The minimum atomic E-state index is 0.00186. The Labute approximate surface area is 158 Å². The van der Waals surface area contributed by atoms with Crippen LogP contribution in [0, 0.1) is 6.92 Å². The average Bonchev–Trinajstić information content (AvgIpc) is 2.71. The number of ketones is 1. The molecule has 0 amide bonds. The number of Topliss-reactive ketones (excluding diaryl/α,β-unsaturated/α-hetero) is 1. The number of nitrogens with zero attached hydrogens (tertiary/aromatic N) is 1. The van der Waals surface area contributed by atoms with Crippen LogP contribution in [0.1, 0.15) is 27.0 Å². The van der Waals surface area contributed by atoms with Gasteiger partial charge >= 0.3 is 0 Å². The van der Waals surface area contributed by atoms with E-state index in [2.05, 4.69) is 4.98 Å². The van der Waals surface area contributed by atoms with Crippen molar-refractivity contribution in [1.82, 2.24) is 4.98 Å². The van der Waals surface area contributed by atoms with Gasteiger partial charge in [-0.1, -0.05) is 36.4 Å². The maximum Gasteiger partial charge on any atom is 0.196 e. The van der Waals surface area contributed by atoms with Crippen LogP contribution >= 0.6 is 0 Å². The molecule has 4 rings (SSSR count). The van der Waals surface area contributed by atoms with Crippen LogP contribution in [0.5, 0.6) is 11.5 Å². The van der Waals surface area contributed by atoms with E-state index in [0.29, 0.717) is 23.5 Å². The molecule has 134 valence electrons. The Morgan fingerprint density at radius 3 is 2.85 bits per heavy atom. The Hall–Kier alpha value is -3.40. The fraction of sp³-hybridized carbons (Fsp3) is 0.130. The lowest BCUT2D eigenvalue weighted by molar-refractivity contribution is 0.100. The third kappa shape index (κ3) is 3.60. The van der Waals surface area contributed by atoms with E-state index in [1.165, 1.54) is 0 Å². The lowest BCUT2D eigenvalue weighted by Crippen LogP contribution is -2.19. The number of aromatic nitrogens is 1. The number of carbonyl (C=O) groups is 1. The third-order valence-electron chi connectivity index (χ3n) is 4.49. The number of carbonyl (C=O) groups excluding carboxylic acids is 1. The van der Waals surface area contributed by atoms with Crippen molar-refractivity contribution in [3.05, 3.63) is 94.8 Å². The molecule has 1 aliphatic heterocycles. The molecule has 0 saturated carbocycles. The SMILES string of the molecule is Cc1cccc2c1OC/C(=C/c1ccccc1OCc1cccnc1)C2=O. The van der Waals surface area contributed by atoms with Crippen molar-refractivity contribution in [1.29, 1.82) is 0 Å². The van der Waals surface area contributed by atoms with Crippen LogP contribution < -0.4 is 9.47 Å². The number of ether oxygens (including phenoxy) is 2. The standard InChI is InChI=1S/C23H19NO3/c1-16-6-4-9-20-22(25)19(15-27-23(16)20)12-18-8-2-3-10-21(18)26-14-17-7-5-11-24-13-17/h2-13H,14-15H2,1H3/b19-12-. The summed E-state index contributed by atoms with van der Waals surface area (Å²) in [6, 6.07) is 17.2. The highest BCUT2D eigenvalue weighted by atomic mass is 16.5. The molecule has 0 atom stereocenters. The van der Waals surface area contributed by atoms with Gasteiger partial charge < -0.3 is 9.47 Å². The first-order chi connectivity index (χ1) is 13.2. The van der Waals surface area contributed by atoms with Crippen molar-refractivity contribution >= 4 is 11.9 Å². The first kappa shape index (κ1) is 17.0. The van der Waals surface area contributed by atoms with E-state index in [4.69, 9.17) is 9.47 Å². The van der Waals surface area contributed by atoms with Crippen molar-refractivity contribution in [3.63, 3.8) is 0 Å². The molecule has 3 aromatic rings. The highest BCUT2D eigenvalue weighted by Crippen LogP contribution is 2.32. The predicted octanol–water partition coefficient (Wildman–Crippen LogP) is 4.63. The van der Waals surface area contributed by atoms with Crippen LogP contribution in [0.2, 0.25) is 0 Å². The average molecular weight is 357 g/mol. The second-order valence-corrected chi connectivity index (χ2v) is 6.43. The smallest absolute Gasteiger partial charge is 0.196 e. The second kappa shape index (κ2) is 7.46. The van der Waals surface area contributed by atoms with Gasteiger partial charge in [0.05, 0.1) is 5.56 Å². The fourth-order valence-electron chi connectivity index (χ4n) is 3.08. The number of pyridine rings is 1. The van der Waals surface area contributed by atoms with E-state index < -0.39 is 0 Å². The van der Waals surface area contributed by atoms with Gasteiger partial charge in [0, 0.05) is 29.1 Å². The lowest BCUT2D eigenvalue weighted by atomic mass is 9.96. The summed E-state index contributed by atoms with van der Waals surface area (Å²) in [5, 5.41) is 0. The zero-order valence-electron chi connectivity index (χ0n) is 15.0. The zero-order chi connectivity index (χ0) is 18.6. The molecule has 4 heteroatoms. The quantitative estimate of drug-likeness (QED) is 0.639. The molecule has 0 radical (unpaired) electrons. The molecule has 1 aromatic heterocycles.